The van der Waals surface area contributed by atoms with Gasteiger partial charge in [-0.1, -0.05) is 12.2 Å². The van der Waals surface area contributed by atoms with Gasteiger partial charge in [-0.25, -0.2) is 9.59 Å². The number of aliphatic carboxylic acids is 1. The quantitative estimate of drug-likeness (QED) is 0.804. The van der Waals surface area contributed by atoms with Gasteiger partial charge in [0, 0.05) is 6.20 Å². The van der Waals surface area contributed by atoms with Crippen molar-refractivity contribution in [3.63, 3.8) is 0 Å². The predicted molar refractivity (Wildman–Crippen MR) is 67.7 cm³/mol. The standard InChI is InChI=1S/C12H11F2NO4S/c1-2-19-11(18)9-8(10(16)17)15-6-4-3-5-7(15)12(13,14)20-9/h3-7H,2H2,1H3,(H,16,17). The molecule has 0 aliphatic carbocycles. The van der Waals surface area contributed by atoms with Crippen molar-refractivity contribution in [3.8, 4) is 0 Å². The summed E-state index contributed by atoms with van der Waals surface area (Å²) < 4.78 is 32.7. The van der Waals surface area contributed by atoms with Crippen molar-refractivity contribution in [2.45, 2.75) is 18.2 Å². The average molecular weight is 303 g/mol. The lowest BCUT2D eigenvalue weighted by atomic mass is 10.1. The number of halogens is 2. The first-order chi connectivity index (χ1) is 9.38. The average Bonchev–Trinajstić information content (AvgIpc) is 2.38. The molecule has 0 aromatic rings. The predicted octanol–water partition coefficient (Wildman–Crippen LogP) is 1.94. The van der Waals surface area contributed by atoms with Gasteiger partial charge in [0.05, 0.1) is 6.61 Å². The molecule has 5 nitrogen and oxygen atoms in total. The Kier molecular flexibility index (Phi) is 3.85. The molecule has 0 radical (unpaired) electrons. The van der Waals surface area contributed by atoms with Crippen molar-refractivity contribution in [2.75, 3.05) is 6.61 Å². The number of rotatable bonds is 3. The van der Waals surface area contributed by atoms with Gasteiger partial charge in [0.15, 0.2) is 0 Å². The fourth-order valence-electron chi connectivity index (χ4n) is 1.89. The van der Waals surface area contributed by atoms with E-state index in [0.29, 0.717) is 0 Å². The Morgan fingerprint density at radius 2 is 2.20 bits per heavy atom. The molecule has 1 N–H and O–H groups in total. The second-order valence-electron chi connectivity index (χ2n) is 3.95. The molecule has 1 atom stereocenters. The third-order valence-electron chi connectivity index (χ3n) is 2.67. The third-order valence-corrected chi connectivity index (χ3v) is 3.75. The number of carbonyl (C=O) groups is 2. The lowest BCUT2D eigenvalue weighted by molar-refractivity contribution is -0.140. The van der Waals surface area contributed by atoms with Crippen LogP contribution in [0.5, 0.6) is 0 Å². The lowest BCUT2D eigenvalue weighted by Crippen LogP contribution is -2.48. The summed E-state index contributed by atoms with van der Waals surface area (Å²) in [5.74, 6) is -2.52. The van der Waals surface area contributed by atoms with Crippen LogP contribution in [0.25, 0.3) is 0 Å². The summed E-state index contributed by atoms with van der Waals surface area (Å²) in [5, 5.41) is 5.88. The van der Waals surface area contributed by atoms with Crippen LogP contribution < -0.4 is 0 Å². The summed E-state index contributed by atoms with van der Waals surface area (Å²) >= 11 is -0.0770. The van der Waals surface area contributed by atoms with E-state index in [1.807, 2.05) is 0 Å². The summed E-state index contributed by atoms with van der Waals surface area (Å²) in [6.07, 6.45) is 5.23. The van der Waals surface area contributed by atoms with Crippen molar-refractivity contribution in [3.05, 3.63) is 35.0 Å². The molecule has 0 saturated carbocycles. The Labute approximate surface area is 117 Å². The number of carbonyl (C=O) groups excluding carboxylic acids is 1. The van der Waals surface area contributed by atoms with E-state index in [4.69, 9.17) is 0 Å². The fraction of sp³-hybridized carbons (Fsp3) is 0.333. The van der Waals surface area contributed by atoms with Crippen LogP contribution in [0.2, 0.25) is 0 Å². The number of alkyl halides is 2. The summed E-state index contributed by atoms with van der Waals surface area (Å²) in [6, 6.07) is -1.44. The summed E-state index contributed by atoms with van der Waals surface area (Å²) in [4.78, 5) is 23.3. The normalized spacial score (nSPS) is 23.6. The van der Waals surface area contributed by atoms with E-state index >= 15 is 0 Å². The molecule has 20 heavy (non-hydrogen) atoms. The second kappa shape index (κ2) is 5.28. The molecule has 0 aromatic heterocycles. The Morgan fingerprint density at radius 3 is 2.80 bits per heavy atom. The molecular formula is C12H11F2NO4S. The zero-order chi connectivity index (χ0) is 14.9. The lowest BCUT2D eigenvalue weighted by Gasteiger charge is -2.39. The topological polar surface area (TPSA) is 66.8 Å². The van der Waals surface area contributed by atoms with Gasteiger partial charge in [-0.3, -0.25) is 0 Å². The monoisotopic (exact) mass is 303 g/mol. The molecule has 0 amide bonds. The largest absolute Gasteiger partial charge is 0.477 e. The Morgan fingerprint density at radius 1 is 1.50 bits per heavy atom. The molecule has 2 aliphatic heterocycles. The number of thioether (sulfide) groups is 1. The zero-order valence-corrected chi connectivity index (χ0v) is 11.2. The van der Waals surface area contributed by atoms with Gasteiger partial charge in [-0.15, -0.1) is 0 Å². The van der Waals surface area contributed by atoms with Gasteiger partial charge >= 0.3 is 17.2 Å². The van der Waals surface area contributed by atoms with E-state index < -0.39 is 33.8 Å². The molecule has 1 unspecified atom stereocenters. The molecule has 0 bridgehead atoms. The third kappa shape index (κ3) is 2.43. The number of carboxylic acid groups (broad SMARTS) is 1. The number of esters is 1. The molecule has 2 aliphatic rings. The Hall–Kier alpha value is -1.83. The van der Waals surface area contributed by atoms with Crippen LogP contribution in [0, 0.1) is 0 Å². The number of hydrogen-bond acceptors (Lipinski definition) is 5. The second-order valence-corrected chi connectivity index (χ2v) is 5.10. The molecule has 0 saturated heterocycles. The van der Waals surface area contributed by atoms with E-state index in [1.165, 1.54) is 31.4 Å². The van der Waals surface area contributed by atoms with E-state index in [9.17, 15) is 23.5 Å². The Balaban J connectivity index is 2.54. The number of carboxylic acids is 1. The SMILES string of the molecule is CCOC(=O)C1=C(C(=O)O)N2C=CC=CC2C(F)(F)S1. The molecule has 108 valence electrons. The molecule has 2 rings (SSSR count). The minimum Gasteiger partial charge on any atom is -0.477 e. The van der Waals surface area contributed by atoms with Gasteiger partial charge < -0.3 is 14.7 Å². The van der Waals surface area contributed by atoms with Crippen LogP contribution in [0.15, 0.2) is 35.0 Å². The van der Waals surface area contributed by atoms with Crippen molar-refractivity contribution < 1.29 is 28.2 Å². The first-order valence-electron chi connectivity index (χ1n) is 5.73. The van der Waals surface area contributed by atoms with Crippen LogP contribution in [0.3, 0.4) is 0 Å². The molecular weight excluding hydrogens is 292 g/mol. The first kappa shape index (κ1) is 14.6. The van der Waals surface area contributed by atoms with Crippen molar-refractivity contribution >= 4 is 23.7 Å². The van der Waals surface area contributed by atoms with Crippen molar-refractivity contribution in [2.24, 2.45) is 0 Å². The van der Waals surface area contributed by atoms with Crippen LogP contribution in [0.1, 0.15) is 6.92 Å². The summed E-state index contributed by atoms with van der Waals surface area (Å²) in [7, 11) is 0. The van der Waals surface area contributed by atoms with E-state index in [2.05, 4.69) is 4.74 Å². The molecule has 0 aromatic carbocycles. The maximum absolute atomic E-state index is 14.0. The van der Waals surface area contributed by atoms with Crippen LogP contribution in [-0.4, -0.2) is 39.8 Å². The van der Waals surface area contributed by atoms with Crippen molar-refractivity contribution in [1.29, 1.82) is 0 Å². The van der Waals surface area contributed by atoms with E-state index in [0.717, 1.165) is 4.90 Å². The number of ether oxygens (including phenoxy) is 1. The maximum Gasteiger partial charge on any atom is 0.354 e. The highest BCUT2D eigenvalue weighted by Crippen LogP contribution is 2.48. The molecule has 8 heteroatoms. The van der Waals surface area contributed by atoms with Gasteiger partial charge in [0.1, 0.15) is 16.6 Å². The molecule has 0 fully saturated rings. The van der Waals surface area contributed by atoms with E-state index in [1.54, 1.807) is 0 Å². The minimum absolute atomic E-state index is 0.0272. The van der Waals surface area contributed by atoms with Gasteiger partial charge in [-0.05, 0) is 24.8 Å². The minimum atomic E-state index is -3.33. The highest BCUT2D eigenvalue weighted by molar-refractivity contribution is 8.05. The zero-order valence-electron chi connectivity index (χ0n) is 10.4. The van der Waals surface area contributed by atoms with Gasteiger partial charge in [0.2, 0.25) is 0 Å². The van der Waals surface area contributed by atoms with Crippen LogP contribution in [0.4, 0.5) is 8.78 Å². The first-order valence-corrected chi connectivity index (χ1v) is 6.55. The molecule has 2 heterocycles. The van der Waals surface area contributed by atoms with Gasteiger partial charge in [-0.2, -0.15) is 8.78 Å². The number of fused-ring (bicyclic) bond motifs is 1. The van der Waals surface area contributed by atoms with Crippen LogP contribution >= 0.6 is 11.8 Å². The van der Waals surface area contributed by atoms with Gasteiger partial charge in [0.25, 0.3) is 0 Å². The molecule has 0 spiro atoms. The van der Waals surface area contributed by atoms with Crippen LogP contribution in [-0.2, 0) is 14.3 Å². The van der Waals surface area contributed by atoms with Crippen molar-refractivity contribution in [1.82, 2.24) is 4.90 Å². The Bertz CT molecular complexity index is 542. The number of nitrogens with zero attached hydrogens (tertiary/aromatic N) is 1. The fourth-order valence-corrected chi connectivity index (χ4v) is 2.91. The smallest absolute Gasteiger partial charge is 0.354 e. The van der Waals surface area contributed by atoms with E-state index in [-0.39, 0.29) is 18.4 Å². The summed E-state index contributed by atoms with van der Waals surface area (Å²) in [6.45, 7) is 1.48. The number of allylic oxidation sites excluding steroid dienone is 2. The summed E-state index contributed by atoms with van der Waals surface area (Å²) in [5.41, 5.74) is -0.495. The highest BCUT2D eigenvalue weighted by Gasteiger charge is 2.52. The highest BCUT2D eigenvalue weighted by atomic mass is 32.2. The maximum atomic E-state index is 14.0. The number of hydrogen-bond donors (Lipinski definition) is 1.